The van der Waals surface area contributed by atoms with E-state index in [2.05, 4.69) is 5.10 Å². The van der Waals surface area contributed by atoms with E-state index in [-0.39, 0.29) is 17.5 Å². The van der Waals surface area contributed by atoms with Crippen LogP contribution in [0.25, 0.3) is 10.9 Å². The summed E-state index contributed by atoms with van der Waals surface area (Å²) in [7, 11) is 0. The van der Waals surface area contributed by atoms with Gasteiger partial charge in [0.2, 0.25) is 0 Å². The normalized spacial score (nSPS) is 19.6. The average molecular weight is 245 g/mol. The molecule has 1 unspecified atom stereocenters. The summed E-state index contributed by atoms with van der Waals surface area (Å²) in [6.07, 6.45) is 3.49. The number of rotatable bonds is 2. The van der Waals surface area contributed by atoms with Crippen molar-refractivity contribution in [2.45, 2.75) is 25.3 Å². The Balaban J connectivity index is 2.09. The highest BCUT2D eigenvalue weighted by molar-refractivity contribution is 5.83. The molecule has 6 nitrogen and oxygen atoms in total. The molecule has 1 aliphatic rings. The summed E-state index contributed by atoms with van der Waals surface area (Å²) >= 11 is 0. The average Bonchev–Trinajstić information content (AvgIpc) is 2.93. The van der Waals surface area contributed by atoms with Crippen molar-refractivity contribution >= 4 is 22.4 Å². The fraction of sp³-hybridized carbons (Fsp3) is 0.333. The highest BCUT2D eigenvalue weighted by atomic mass is 16.6. The molecule has 1 aromatic carbocycles. The molecule has 1 atom stereocenters. The largest absolute Gasteiger partial charge is 0.300 e. The lowest BCUT2D eigenvalue weighted by atomic mass is 10.2. The second-order valence-electron chi connectivity index (χ2n) is 4.52. The number of nitro benzene ring substituents is 1. The molecule has 1 aliphatic carbocycles. The van der Waals surface area contributed by atoms with Crippen molar-refractivity contribution in [3.63, 3.8) is 0 Å². The van der Waals surface area contributed by atoms with Crippen LogP contribution in [0.2, 0.25) is 0 Å². The lowest BCUT2D eigenvalue weighted by molar-refractivity contribution is -0.384. The molecular weight excluding hydrogens is 234 g/mol. The number of benzene rings is 1. The van der Waals surface area contributed by atoms with Gasteiger partial charge in [0, 0.05) is 30.4 Å². The third kappa shape index (κ3) is 1.66. The van der Waals surface area contributed by atoms with E-state index in [1.807, 2.05) is 0 Å². The standard InChI is InChI=1S/C12H11N3O3/c16-11-4-3-9(5-11)14-12-6-10(15(17)18)2-1-8(12)7-13-14/h1-2,6-7,9H,3-5H2. The Bertz CT molecular complexity index is 647. The molecule has 0 aliphatic heterocycles. The summed E-state index contributed by atoms with van der Waals surface area (Å²) in [5.74, 6) is 0.231. The van der Waals surface area contributed by atoms with Crippen molar-refractivity contribution < 1.29 is 9.72 Å². The van der Waals surface area contributed by atoms with E-state index in [1.165, 1.54) is 12.1 Å². The zero-order chi connectivity index (χ0) is 12.7. The number of hydrogen-bond acceptors (Lipinski definition) is 4. The summed E-state index contributed by atoms with van der Waals surface area (Å²) in [5.41, 5.74) is 0.775. The van der Waals surface area contributed by atoms with Crippen molar-refractivity contribution in [1.82, 2.24) is 9.78 Å². The molecule has 1 saturated carbocycles. The van der Waals surface area contributed by atoms with Crippen LogP contribution in [0.5, 0.6) is 0 Å². The van der Waals surface area contributed by atoms with Crippen LogP contribution in [0.1, 0.15) is 25.3 Å². The van der Waals surface area contributed by atoms with E-state index < -0.39 is 4.92 Å². The molecule has 0 bridgehead atoms. The minimum absolute atomic E-state index is 0.0389. The number of nitro groups is 1. The predicted octanol–water partition coefficient (Wildman–Crippen LogP) is 2.24. The first-order valence-electron chi connectivity index (χ1n) is 5.78. The van der Waals surface area contributed by atoms with Gasteiger partial charge in [0.15, 0.2) is 0 Å². The third-order valence-corrected chi connectivity index (χ3v) is 3.36. The van der Waals surface area contributed by atoms with E-state index in [9.17, 15) is 14.9 Å². The molecule has 18 heavy (non-hydrogen) atoms. The van der Waals surface area contributed by atoms with Crippen molar-refractivity contribution in [3.05, 3.63) is 34.5 Å². The fourth-order valence-electron chi connectivity index (χ4n) is 2.43. The summed E-state index contributed by atoms with van der Waals surface area (Å²) in [4.78, 5) is 21.7. The first-order chi connectivity index (χ1) is 8.65. The Morgan fingerprint density at radius 2 is 2.28 bits per heavy atom. The van der Waals surface area contributed by atoms with Gasteiger partial charge in [-0.3, -0.25) is 19.6 Å². The zero-order valence-electron chi connectivity index (χ0n) is 9.57. The Morgan fingerprint density at radius 1 is 1.44 bits per heavy atom. The van der Waals surface area contributed by atoms with E-state index >= 15 is 0 Å². The van der Waals surface area contributed by atoms with Gasteiger partial charge in [-0.1, -0.05) is 0 Å². The van der Waals surface area contributed by atoms with E-state index in [4.69, 9.17) is 0 Å². The van der Waals surface area contributed by atoms with E-state index in [0.717, 1.165) is 17.3 Å². The minimum Gasteiger partial charge on any atom is -0.300 e. The van der Waals surface area contributed by atoms with Crippen LogP contribution >= 0.6 is 0 Å². The first kappa shape index (κ1) is 10.9. The van der Waals surface area contributed by atoms with Crippen LogP contribution in [0, 0.1) is 10.1 Å². The van der Waals surface area contributed by atoms with Gasteiger partial charge in [-0.25, -0.2) is 0 Å². The molecule has 3 rings (SSSR count). The quantitative estimate of drug-likeness (QED) is 0.600. The van der Waals surface area contributed by atoms with E-state index in [0.29, 0.717) is 12.8 Å². The number of non-ortho nitro benzene ring substituents is 1. The third-order valence-electron chi connectivity index (χ3n) is 3.36. The number of carbonyl (C=O) groups excluding carboxylic acids is 1. The SMILES string of the molecule is O=C1CCC(n2ncc3ccc([N+](=O)[O-])cc32)C1. The lowest BCUT2D eigenvalue weighted by Gasteiger charge is -2.10. The monoisotopic (exact) mass is 245 g/mol. The summed E-state index contributed by atoms with van der Waals surface area (Å²) in [6.45, 7) is 0. The van der Waals surface area contributed by atoms with Gasteiger partial charge in [-0.05, 0) is 12.5 Å². The van der Waals surface area contributed by atoms with E-state index in [1.54, 1.807) is 16.9 Å². The molecule has 2 aromatic rings. The molecule has 0 spiro atoms. The Kier molecular flexibility index (Phi) is 2.36. The van der Waals surface area contributed by atoms with Crippen molar-refractivity contribution in [1.29, 1.82) is 0 Å². The molecule has 92 valence electrons. The number of fused-ring (bicyclic) bond motifs is 1. The Hall–Kier alpha value is -2.24. The summed E-state index contributed by atoms with van der Waals surface area (Å²) in [6, 6.07) is 4.71. The summed E-state index contributed by atoms with van der Waals surface area (Å²) in [5, 5.41) is 15.9. The number of nitrogens with zero attached hydrogens (tertiary/aromatic N) is 3. The molecule has 1 aromatic heterocycles. The number of aromatic nitrogens is 2. The van der Waals surface area contributed by atoms with Crippen molar-refractivity contribution in [2.24, 2.45) is 0 Å². The van der Waals surface area contributed by atoms with Crippen LogP contribution in [0.15, 0.2) is 24.4 Å². The second-order valence-corrected chi connectivity index (χ2v) is 4.52. The predicted molar refractivity (Wildman–Crippen MR) is 64.3 cm³/mol. The van der Waals surface area contributed by atoms with Gasteiger partial charge in [0.05, 0.1) is 22.7 Å². The van der Waals surface area contributed by atoms with Crippen LogP contribution in [0.3, 0.4) is 0 Å². The molecule has 0 saturated heterocycles. The topological polar surface area (TPSA) is 78.0 Å². The minimum atomic E-state index is -0.420. The van der Waals surface area contributed by atoms with Gasteiger partial charge in [-0.2, -0.15) is 5.10 Å². The smallest absolute Gasteiger partial charge is 0.271 e. The van der Waals surface area contributed by atoms with Gasteiger partial charge >= 0.3 is 0 Å². The Morgan fingerprint density at radius 3 is 2.94 bits per heavy atom. The first-order valence-corrected chi connectivity index (χ1v) is 5.78. The van der Waals surface area contributed by atoms with Crippen LogP contribution < -0.4 is 0 Å². The van der Waals surface area contributed by atoms with Gasteiger partial charge < -0.3 is 0 Å². The molecular formula is C12H11N3O3. The van der Waals surface area contributed by atoms with Crippen molar-refractivity contribution in [2.75, 3.05) is 0 Å². The maximum Gasteiger partial charge on any atom is 0.271 e. The Labute approximate surface area is 102 Å². The van der Waals surface area contributed by atoms with Crippen LogP contribution in [-0.4, -0.2) is 20.5 Å². The lowest BCUT2D eigenvalue weighted by Crippen LogP contribution is -2.07. The van der Waals surface area contributed by atoms with Crippen LogP contribution in [0.4, 0.5) is 5.69 Å². The molecule has 1 fully saturated rings. The van der Waals surface area contributed by atoms with Crippen LogP contribution in [-0.2, 0) is 4.79 Å². The number of carbonyl (C=O) groups is 1. The molecule has 0 amide bonds. The van der Waals surface area contributed by atoms with Gasteiger partial charge in [0.25, 0.3) is 5.69 Å². The van der Waals surface area contributed by atoms with Gasteiger partial charge in [0.1, 0.15) is 5.78 Å². The molecule has 0 radical (unpaired) electrons. The molecule has 6 heteroatoms. The highest BCUT2D eigenvalue weighted by Gasteiger charge is 2.25. The number of Topliss-reactive ketones (excluding diaryl/α,β-unsaturated/α-hetero) is 1. The fourth-order valence-corrected chi connectivity index (χ4v) is 2.43. The maximum atomic E-state index is 11.3. The molecule has 1 heterocycles. The number of hydrogen-bond donors (Lipinski definition) is 0. The zero-order valence-corrected chi connectivity index (χ0v) is 9.57. The summed E-state index contributed by atoms with van der Waals surface area (Å²) < 4.78 is 1.74. The molecule has 0 N–H and O–H groups in total. The van der Waals surface area contributed by atoms with Crippen molar-refractivity contribution in [3.8, 4) is 0 Å². The van der Waals surface area contributed by atoms with Gasteiger partial charge in [-0.15, -0.1) is 0 Å². The number of ketones is 1. The highest BCUT2D eigenvalue weighted by Crippen LogP contribution is 2.30. The maximum absolute atomic E-state index is 11.3. The second kappa shape index (κ2) is 3.90.